The normalized spacial score (nSPS) is 17.3. The van der Waals surface area contributed by atoms with E-state index < -0.39 is 0 Å². The van der Waals surface area contributed by atoms with E-state index in [-0.39, 0.29) is 11.9 Å². The van der Waals surface area contributed by atoms with E-state index in [2.05, 4.69) is 11.1 Å². The molecule has 120 valence electrons. The molecule has 1 amide bonds. The van der Waals surface area contributed by atoms with Gasteiger partial charge in [0.05, 0.1) is 12.1 Å². The molecule has 0 spiro atoms. The van der Waals surface area contributed by atoms with Gasteiger partial charge in [-0.1, -0.05) is 23.7 Å². The molecule has 1 saturated heterocycles. The van der Waals surface area contributed by atoms with Crippen LogP contribution in [0.15, 0.2) is 42.6 Å². The number of nitrogens with zero attached hydrogens (tertiary/aromatic N) is 2. The van der Waals surface area contributed by atoms with E-state index >= 15 is 0 Å². The van der Waals surface area contributed by atoms with Crippen LogP contribution in [0.25, 0.3) is 0 Å². The van der Waals surface area contributed by atoms with Crippen molar-refractivity contribution in [2.45, 2.75) is 25.3 Å². The van der Waals surface area contributed by atoms with Gasteiger partial charge < -0.3 is 9.64 Å². The summed E-state index contributed by atoms with van der Waals surface area (Å²) < 4.78 is 5.27. The van der Waals surface area contributed by atoms with Crippen molar-refractivity contribution in [2.75, 3.05) is 13.7 Å². The monoisotopic (exact) mass is 330 g/mol. The van der Waals surface area contributed by atoms with Crippen LogP contribution in [0.4, 0.5) is 0 Å². The molecule has 2 heterocycles. The molecular weight excluding hydrogens is 312 g/mol. The van der Waals surface area contributed by atoms with E-state index in [0.717, 1.165) is 31.6 Å². The minimum Gasteiger partial charge on any atom is -0.497 e. The molecule has 0 aliphatic carbocycles. The van der Waals surface area contributed by atoms with Crippen molar-refractivity contribution < 1.29 is 9.53 Å². The average Bonchev–Trinajstić information content (AvgIpc) is 3.03. The molecule has 0 radical (unpaired) electrons. The Bertz CT molecular complexity index is 688. The second-order valence-electron chi connectivity index (χ2n) is 5.71. The lowest BCUT2D eigenvalue weighted by molar-refractivity contribution is 0.0730. The van der Waals surface area contributed by atoms with Crippen molar-refractivity contribution in [3.05, 3.63) is 58.9 Å². The van der Waals surface area contributed by atoms with Gasteiger partial charge in [-0.25, -0.2) is 4.98 Å². The molecule has 1 aliphatic heterocycles. The Morgan fingerprint density at radius 2 is 2.26 bits per heavy atom. The lowest BCUT2D eigenvalue weighted by Crippen LogP contribution is -2.37. The predicted molar refractivity (Wildman–Crippen MR) is 90.0 cm³/mol. The molecule has 1 fully saturated rings. The molecular formula is C18H19ClN2O2. The standard InChI is InChI=1S/C18H19ClN2O2/c1-23-16-6-2-4-13(11-16)10-15-5-3-9-21(15)18(22)17-8-7-14(19)12-20-17/h2,4,6-8,11-12,15H,3,5,9-10H2,1H3/t15-/m1/s1. The lowest BCUT2D eigenvalue weighted by Gasteiger charge is -2.24. The summed E-state index contributed by atoms with van der Waals surface area (Å²) in [7, 11) is 1.66. The number of methoxy groups -OCH3 is 1. The maximum Gasteiger partial charge on any atom is 0.272 e. The fourth-order valence-corrected chi connectivity index (χ4v) is 3.15. The number of likely N-dealkylation sites (tertiary alicyclic amines) is 1. The first kappa shape index (κ1) is 15.8. The SMILES string of the molecule is COc1cccc(C[C@H]2CCCN2C(=O)c2ccc(Cl)cn2)c1. The van der Waals surface area contributed by atoms with Gasteiger partial charge in [0, 0.05) is 18.8 Å². The predicted octanol–water partition coefficient (Wildman–Crippen LogP) is 3.59. The topological polar surface area (TPSA) is 42.4 Å². The van der Waals surface area contributed by atoms with Crippen molar-refractivity contribution in [3.8, 4) is 5.75 Å². The molecule has 5 heteroatoms. The zero-order valence-electron chi connectivity index (χ0n) is 13.0. The summed E-state index contributed by atoms with van der Waals surface area (Å²) in [4.78, 5) is 18.8. The number of rotatable bonds is 4. The number of hydrogen-bond donors (Lipinski definition) is 0. The van der Waals surface area contributed by atoms with Crippen LogP contribution in [-0.2, 0) is 6.42 Å². The first-order chi connectivity index (χ1) is 11.2. The molecule has 4 nitrogen and oxygen atoms in total. The summed E-state index contributed by atoms with van der Waals surface area (Å²) in [6, 6.07) is 11.6. The summed E-state index contributed by atoms with van der Waals surface area (Å²) >= 11 is 5.84. The Kier molecular flexibility index (Phi) is 4.82. The number of halogens is 1. The van der Waals surface area contributed by atoms with Crippen LogP contribution in [0.1, 0.15) is 28.9 Å². The Labute approximate surface area is 141 Å². The average molecular weight is 331 g/mol. The maximum absolute atomic E-state index is 12.7. The number of carbonyl (C=O) groups excluding carboxylic acids is 1. The smallest absolute Gasteiger partial charge is 0.272 e. The van der Waals surface area contributed by atoms with E-state index in [1.165, 1.54) is 11.8 Å². The minimum atomic E-state index is -0.0212. The van der Waals surface area contributed by atoms with Crippen molar-refractivity contribution in [2.24, 2.45) is 0 Å². The highest BCUT2D eigenvalue weighted by Gasteiger charge is 2.30. The highest BCUT2D eigenvalue weighted by atomic mass is 35.5. The summed E-state index contributed by atoms with van der Waals surface area (Å²) in [6.45, 7) is 0.776. The van der Waals surface area contributed by atoms with E-state index in [9.17, 15) is 4.79 Å². The van der Waals surface area contributed by atoms with Gasteiger partial charge in [-0.15, -0.1) is 0 Å². The van der Waals surface area contributed by atoms with Crippen LogP contribution in [0.3, 0.4) is 0 Å². The number of benzene rings is 1. The van der Waals surface area contributed by atoms with Crippen molar-refractivity contribution in [1.29, 1.82) is 0 Å². The number of hydrogen-bond acceptors (Lipinski definition) is 3. The second-order valence-corrected chi connectivity index (χ2v) is 6.15. The fourth-order valence-electron chi connectivity index (χ4n) is 3.04. The Morgan fingerprint density at radius 3 is 3.00 bits per heavy atom. The summed E-state index contributed by atoms with van der Waals surface area (Å²) in [5, 5.41) is 0.538. The number of amides is 1. The first-order valence-electron chi connectivity index (χ1n) is 7.73. The van der Waals surface area contributed by atoms with Gasteiger partial charge in [-0.3, -0.25) is 4.79 Å². The van der Waals surface area contributed by atoms with Gasteiger partial charge in [-0.2, -0.15) is 0 Å². The molecule has 0 unspecified atom stereocenters. The number of aromatic nitrogens is 1. The van der Waals surface area contributed by atoms with Gasteiger partial charge in [0.1, 0.15) is 11.4 Å². The van der Waals surface area contributed by atoms with Crippen LogP contribution in [0.2, 0.25) is 5.02 Å². The third kappa shape index (κ3) is 3.64. The second kappa shape index (κ2) is 7.01. The van der Waals surface area contributed by atoms with Crippen LogP contribution in [-0.4, -0.2) is 35.5 Å². The van der Waals surface area contributed by atoms with Crippen molar-refractivity contribution in [1.82, 2.24) is 9.88 Å². The Morgan fingerprint density at radius 1 is 1.39 bits per heavy atom. The van der Waals surface area contributed by atoms with Gasteiger partial charge in [0.25, 0.3) is 5.91 Å². The lowest BCUT2D eigenvalue weighted by atomic mass is 10.0. The van der Waals surface area contributed by atoms with Gasteiger partial charge in [-0.05, 0) is 49.1 Å². The fraction of sp³-hybridized carbons (Fsp3) is 0.333. The minimum absolute atomic E-state index is 0.0212. The highest BCUT2D eigenvalue weighted by molar-refractivity contribution is 6.30. The van der Waals surface area contributed by atoms with Gasteiger partial charge in [0.2, 0.25) is 0 Å². The largest absolute Gasteiger partial charge is 0.497 e. The van der Waals surface area contributed by atoms with Crippen molar-refractivity contribution in [3.63, 3.8) is 0 Å². The van der Waals surface area contributed by atoms with Crippen LogP contribution in [0, 0.1) is 0 Å². The first-order valence-corrected chi connectivity index (χ1v) is 8.10. The molecule has 1 aromatic heterocycles. The van der Waals surface area contributed by atoms with Gasteiger partial charge in [0.15, 0.2) is 0 Å². The van der Waals surface area contributed by atoms with E-state index in [1.807, 2.05) is 23.1 Å². The molecule has 23 heavy (non-hydrogen) atoms. The number of ether oxygens (including phenoxy) is 1. The summed E-state index contributed by atoms with van der Waals surface area (Å²) in [5.41, 5.74) is 1.63. The number of carbonyl (C=O) groups is 1. The van der Waals surface area contributed by atoms with Crippen LogP contribution in [0.5, 0.6) is 5.75 Å². The van der Waals surface area contributed by atoms with E-state index in [4.69, 9.17) is 16.3 Å². The summed E-state index contributed by atoms with van der Waals surface area (Å²) in [5.74, 6) is 0.824. The Balaban J connectivity index is 1.74. The maximum atomic E-state index is 12.7. The third-order valence-corrected chi connectivity index (χ3v) is 4.41. The van der Waals surface area contributed by atoms with E-state index in [0.29, 0.717) is 10.7 Å². The molecule has 1 aliphatic rings. The Hall–Kier alpha value is -2.07. The molecule has 0 bridgehead atoms. The van der Waals surface area contributed by atoms with Crippen molar-refractivity contribution >= 4 is 17.5 Å². The van der Waals surface area contributed by atoms with Gasteiger partial charge >= 0.3 is 0 Å². The molecule has 1 atom stereocenters. The molecule has 1 aromatic carbocycles. The number of pyridine rings is 1. The third-order valence-electron chi connectivity index (χ3n) is 4.19. The molecule has 2 aromatic rings. The molecule has 0 N–H and O–H groups in total. The highest BCUT2D eigenvalue weighted by Crippen LogP contribution is 2.24. The quantitative estimate of drug-likeness (QED) is 0.860. The van der Waals surface area contributed by atoms with Crippen LogP contribution >= 0.6 is 11.6 Å². The summed E-state index contributed by atoms with van der Waals surface area (Å²) in [6.07, 6.45) is 4.38. The molecule has 0 saturated carbocycles. The molecule has 3 rings (SSSR count). The van der Waals surface area contributed by atoms with Crippen LogP contribution < -0.4 is 4.74 Å². The zero-order valence-corrected chi connectivity index (χ0v) is 13.8. The zero-order chi connectivity index (χ0) is 16.2. The van der Waals surface area contributed by atoms with E-state index in [1.54, 1.807) is 19.2 Å².